The zero-order chi connectivity index (χ0) is 120. The molecule has 0 spiro atoms. The Morgan fingerprint density at radius 1 is 0.450 bits per heavy atom. The highest BCUT2D eigenvalue weighted by Crippen LogP contribution is 2.37. The van der Waals surface area contributed by atoms with Gasteiger partial charge in [0, 0.05) is 145 Å². The van der Waals surface area contributed by atoms with Crippen LogP contribution in [0, 0.1) is 78.8 Å². The fourth-order valence-electron chi connectivity index (χ4n) is 9.54. The average molecular weight is 1660 g/mol. The largest absolute Gasteiger partial charge is 0.367 e. The second-order valence-electron chi connectivity index (χ2n) is 22.3. The zero-order valence-electron chi connectivity index (χ0n) is 105. The van der Waals surface area contributed by atoms with Crippen molar-refractivity contribution in [3.05, 3.63) is 206 Å². The van der Waals surface area contributed by atoms with Crippen molar-refractivity contribution < 1.29 is 71.7 Å². The summed E-state index contributed by atoms with van der Waals surface area (Å²) in [5.41, 5.74) is -0.980. The predicted molar refractivity (Wildman–Crippen MR) is 441 cm³/mol. The Morgan fingerprint density at radius 3 is 1.21 bits per heavy atom. The molecule has 1 atom stereocenters. The molecule has 4 N–H and O–H groups in total. The Labute approximate surface area is 738 Å². The minimum atomic E-state index is -4.06. The summed E-state index contributed by atoms with van der Waals surface area (Å²) < 4.78 is 435. The van der Waals surface area contributed by atoms with Gasteiger partial charge in [0.25, 0.3) is 0 Å². The molecule has 1 unspecified atom stereocenters. The van der Waals surface area contributed by atoms with Crippen LogP contribution in [0.1, 0.15) is 180 Å². The molecule has 0 radical (unpaired) electrons. The van der Waals surface area contributed by atoms with Crippen LogP contribution < -0.4 is 21.2 Å². The number of aromatic nitrogens is 8. The van der Waals surface area contributed by atoms with Gasteiger partial charge in [0.2, 0.25) is 0 Å². The van der Waals surface area contributed by atoms with Crippen molar-refractivity contribution in [1.29, 1.82) is 21.0 Å². The number of fused-ring (bicyclic) bond motifs is 4. The minimum Gasteiger partial charge on any atom is -0.367 e. The molecule has 4 fully saturated rings. The lowest BCUT2D eigenvalue weighted by Gasteiger charge is -2.32. The number of nitrogens with one attached hydrogen (secondary N) is 4. The van der Waals surface area contributed by atoms with E-state index in [1.54, 1.807) is 26.0 Å². The van der Waals surface area contributed by atoms with Gasteiger partial charge in [-0.15, -0.1) is 45.3 Å². The van der Waals surface area contributed by atoms with Crippen LogP contribution in [0.25, 0.3) is 40.9 Å². The maximum atomic E-state index is 14.1. The van der Waals surface area contributed by atoms with E-state index in [1.165, 1.54) is 44.2 Å². The van der Waals surface area contributed by atoms with E-state index >= 15 is 0 Å². The van der Waals surface area contributed by atoms with Crippen LogP contribution in [-0.4, -0.2) is 136 Å². The summed E-state index contributed by atoms with van der Waals surface area (Å²) in [4.78, 5) is 30.9. The van der Waals surface area contributed by atoms with E-state index in [0.29, 0.717) is 44.0 Å². The first-order chi connectivity index (χ1) is 71.9. The first-order valence-corrected chi connectivity index (χ1v) is 35.9. The molecule has 4 aliphatic heterocycles. The average Bonchev–Trinajstić information content (AvgIpc) is 0.775. The van der Waals surface area contributed by atoms with Crippen molar-refractivity contribution in [3.8, 4) is 24.3 Å². The van der Waals surface area contributed by atoms with Gasteiger partial charge < -0.3 is 21.2 Å². The molecule has 4 saturated heterocycles. The molecule has 0 saturated carbocycles. The number of anilines is 4. The molecule has 29 heteroatoms. The molecule has 8 aromatic heterocycles. The number of piperidine rings is 4. The molecule has 16 rings (SSSR count). The third kappa shape index (κ3) is 20.4. The van der Waals surface area contributed by atoms with E-state index in [9.17, 15) is 25.4 Å². The fourth-order valence-corrected chi connectivity index (χ4v) is 13.4. The number of nitriles is 4. The summed E-state index contributed by atoms with van der Waals surface area (Å²) in [5.74, 6) is -3.40. The van der Waals surface area contributed by atoms with Gasteiger partial charge in [0.15, 0.2) is 5.65 Å². The first kappa shape index (κ1) is 37.9. The van der Waals surface area contributed by atoms with Crippen LogP contribution in [0.5, 0.6) is 0 Å². The summed E-state index contributed by atoms with van der Waals surface area (Å²) in [5, 5.41) is 36.7. The number of rotatable bonds is 16. The van der Waals surface area contributed by atoms with E-state index in [4.69, 9.17) is 114 Å². The van der Waals surface area contributed by atoms with Crippen molar-refractivity contribution in [2.75, 3.05) is 73.3 Å². The van der Waals surface area contributed by atoms with Crippen molar-refractivity contribution in [1.82, 2.24) is 59.5 Å². The topological polar surface area (TPSA) is 259 Å². The normalized spacial score (nSPS) is 29.6. The first-order valence-electron chi connectivity index (χ1n) is 55.5. The maximum Gasteiger partial charge on any atom is 0.162 e. The van der Waals surface area contributed by atoms with Gasteiger partial charge in [0.1, 0.15) is 85.2 Å². The third-order valence-corrected chi connectivity index (χ3v) is 19.2. The Balaban J connectivity index is 0.000000175. The number of thiophene rings is 4. The quantitative estimate of drug-likeness (QED) is 0.0701. The molecule has 12 heterocycles. The third-order valence-electron chi connectivity index (χ3n) is 14.8. The zero-order valence-corrected chi connectivity index (χ0v) is 62.4. The molecule has 20 nitrogen and oxygen atoms in total. The lowest BCUT2D eigenvalue weighted by Crippen LogP contribution is -2.38. The summed E-state index contributed by atoms with van der Waals surface area (Å²) in [7, 11) is 0. The number of hydrogen-bond acceptors (Lipinski definition) is 24. The Hall–Kier alpha value is -8.87. The number of likely N-dealkylation sites (tertiary alicyclic amines) is 4. The molecule has 0 aliphatic carbocycles. The highest BCUT2D eigenvalue weighted by Gasteiger charge is 2.27. The van der Waals surface area contributed by atoms with Crippen LogP contribution in [-0.2, 0) is 26.0 Å². The van der Waals surface area contributed by atoms with Crippen LogP contribution in [0.15, 0.2) is 116 Å². The smallest absolute Gasteiger partial charge is 0.162 e. The van der Waals surface area contributed by atoms with Crippen molar-refractivity contribution in [2.45, 2.75) is 129 Å². The van der Waals surface area contributed by atoms with E-state index in [-0.39, 0.29) is 131 Å². The highest BCUT2D eigenvalue weighted by molar-refractivity contribution is 7.23. The molecule has 109 heavy (non-hydrogen) atoms. The Morgan fingerprint density at radius 2 is 0.807 bits per heavy atom. The van der Waals surface area contributed by atoms with Gasteiger partial charge in [-0.1, -0.05) is 88.8 Å². The van der Waals surface area contributed by atoms with Gasteiger partial charge in [0.05, 0.1) is 93.1 Å². The van der Waals surface area contributed by atoms with E-state index < -0.39 is 253 Å². The summed E-state index contributed by atoms with van der Waals surface area (Å²) in [6.07, 6.45) is -25.9. The fraction of sp³-hybridized carbons (Fsp3) is 0.350. The maximum absolute atomic E-state index is 14.1. The lowest BCUT2D eigenvalue weighted by molar-refractivity contribution is 0.211. The second-order valence-corrected chi connectivity index (χ2v) is 28.7. The number of aryl methyl sites for hydroxylation is 4. The van der Waals surface area contributed by atoms with Crippen molar-refractivity contribution in [3.63, 3.8) is 0 Å². The van der Waals surface area contributed by atoms with Crippen LogP contribution >= 0.6 is 91.8 Å². The lowest BCUT2D eigenvalue weighted by atomic mass is 10.0. The van der Waals surface area contributed by atoms with Crippen LogP contribution in [0.4, 0.5) is 27.7 Å². The molecule has 0 bridgehead atoms. The van der Waals surface area contributed by atoms with E-state index in [1.807, 2.05) is 12.1 Å². The number of nitrogens with zero attached hydrogens (tertiary/aromatic N) is 16. The minimum absolute atomic E-state index is 0.0183. The second kappa shape index (κ2) is 36.8. The molecule has 558 valence electrons. The predicted octanol–water partition coefficient (Wildman–Crippen LogP) is 18.5. The van der Waals surface area contributed by atoms with Crippen molar-refractivity contribution >= 4 is 156 Å². The molecule has 0 amide bonds. The highest BCUT2D eigenvalue weighted by atomic mass is 35.5. The monoisotopic (exact) mass is 1660 g/mol. The van der Waals surface area contributed by atoms with E-state index in [2.05, 4.69) is 39.9 Å². The number of benzene rings is 4. The Bertz CT molecular complexity index is 7930. The Kier molecular flexibility index (Phi) is 12.8. The van der Waals surface area contributed by atoms with Crippen molar-refractivity contribution in [2.24, 2.45) is 0 Å². The molecule has 4 aliphatic rings. The van der Waals surface area contributed by atoms with E-state index in [0.717, 1.165) is 51.8 Å². The van der Waals surface area contributed by atoms with Gasteiger partial charge in [-0.25, -0.2) is 44.3 Å². The number of hydrogen-bond donors (Lipinski definition) is 4. The van der Waals surface area contributed by atoms with Gasteiger partial charge >= 0.3 is 0 Å². The molecular weight excluding hydrogens is 1530 g/mol. The molecule has 12 aromatic rings. The standard InChI is InChI=1S/C20H19ClFN5S.3C20H20ClN5S/c1-12-6-13(7-14(9-23)18(12)22)10-27-4-2-15(3-5-27)26-19-16-8-17(21)28-20(16)25-11-24-19;3*1-13-2-3-14(8-15(13)10-22)11-26-6-4-16(5-7-26)25-19-17-9-18(21)27-20(17)24-12-23-19/h6-8,11,15H,2-5,10H2,1H3,(H,24,25,26);3*2-3,8-9,12,16H,4-7,11H2,1H3,(H,23,24,25)/i2D2,3D2,8D,10D,11D,15D;3D,4D2,5D2,6D2,7D2,8D,9D,11D2,12D,16D;4D2,5D2,6D2,7D2,9D,11D2,12D,16D;6D2,7D2,9D,11D2,12D,16D/hD4. The molecule has 4 aromatic carbocycles. The summed E-state index contributed by atoms with van der Waals surface area (Å²) >= 11 is 27.1. The van der Waals surface area contributed by atoms with Gasteiger partial charge in [-0.3, -0.25) is 19.6 Å². The SMILES string of the molecule is [2H]c1nc(N([2H])C2([2H])C([2H])([2H])C([2H])([2H])N(C([2H])([2H])c3c([2H])cc(C)c(C#N)c3[2H])C([2H])([2H])C2([2H])[2H])c2c([2H])c(Cl)sc2n1.[2H]c1nc(N([2H])C2([2H])C([2H])([2H])C([2H])([2H])N(C([2H])([2H])c3ccc(C)c(C#N)c3)C([2H])([2H])C2([2H])[2H])c2c([2H])c(Cl)sc2n1.[2H]c1nc(N([2H])C2([2H])C([2H])([2H])CN(C([2H])c3cc(C)c(F)c(C#N)c3)CC2([2H])[2H])c2c([2H])c(Cl)sc2n1.[2H]c1nc(N([2H])C2([2H])CC([2H])([2H])N(C([2H])([2H])c3ccc(C)c(C#N)c3)C([2H])([2H])C2)c2c([2H])c(Cl)sc2n1. The molecular formula is C80H79Cl4FN20S4. The summed E-state index contributed by atoms with van der Waals surface area (Å²) in [6, 6.07) is 1.72. The van der Waals surface area contributed by atoms with Crippen LogP contribution in [0.2, 0.25) is 23.0 Å². The van der Waals surface area contributed by atoms with Gasteiger partial charge in [-0.2, -0.15) is 21.0 Å². The summed E-state index contributed by atoms with van der Waals surface area (Å²) in [6.45, 7) is -27.9. The van der Waals surface area contributed by atoms with Gasteiger partial charge in [-0.05, 0) is 172 Å². The number of halogens is 5. The van der Waals surface area contributed by atoms with Crippen LogP contribution in [0.3, 0.4) is 0 Å².